The van der Waals surface area contributed by atoms with Crippen LogP contribution in [0.5, 0.6) is 0 Å². The van der Waals surface area contributed by atoms with Crippen LogP contribution in [0.15, 0.2) is 127 Å². The molecule has 0 bridgehead atoms. The van der Waals surface area contributed by atoms with E-state index in [0.29, 0.717) is 0 Å². The standard InChI is InChI=1S/C80H94BN3S/c1-72(2,3)49-25-27-51(28-26-49)82(50-23-21-20-22-24-50)54-43-66-69-67(44-54)84(53-30-32-57-59(42-53)76(10,11)36-34-74(57,6)7)70-55-45-60-63(80(18,19)40-37-77(60,12)13)48-68(55)85-71(70)81(69)64-46-61-62(79(16,17)39-38-78(61,14)15)47-65(64)83(66)52-29-31-56-58(41-52)75(8,9)35-33-73(56,4)5/h20-32,41-48H,33-40H2,1-19H3. The van der Waals surface area contributed by atoms with E-state index in [-0.39, 0.29) is 55.4 Å². The van der Waals surface area contributed by atoms with Crippen molar-refractivity contribution in [2.45, 2.75) is 232 Å². The van der Waals surface area contributed by atoms with Crippen molar-refractivity contribution in [3.63, 3.8) is 0 Å². The quantitative estimate of drug-likeness (QED) is 0.159. The van der Waals surface area contributed by atoms with Crippen molar-refractivity contribution in [1.82, 2.24) is 0 Å². The molecule has 0 fully saturated rings. The molecule has 3 heterocycles. The summed E-state index contributed by atoms with van der Waals surface area (Å²) in [7, 11) is 0. The summed E-state index contributed by atoms with van der Waals surface area (Å²) in [6.45, 7) is 47.0. The molecular formula is C80H94BN3S. The number of nitrogens with zero attached hydrogens (tertiary/aromatic N) is 3. The van der Waals surface area contributed by atoms with Gasteiger partial charge in [-0.25, -0.2) is 0 Å². The molecule has 0 saturated carbocycles. The minimum atomic E-state index is -0.0182. The molecule has 2 aliphatic heterocycles. The van der Waals surface area contributed by atoms with Crippen molar-refractivity contribution in [3.05, 3.63) is 177 Å². The van der Waals surface area contributed by atoms with Gasteiger partial charge in [-0.05, 0) is 240 Å². The lowest BCUT2D eigenvalue weighted by Crippen LogP contribution is -2.61. The van der Waals surface area contributed by atoms with Gasteiger partial charge in [-0.2, -0.15) is 0 Å². The van der Waals surface area contributed by atoms with Gasteiger partial charge in [-0.1, -0.05) is 180 Å². The van der Waals surface area contributed by atoms with E-state index < -0.39 is 0 Å². The van der Waals surface area contributed by atoms with Crippen molar-refractivity contribution < 1.29 is 0 Å². The van der Waals surface area contributed by atoms with Crippen LogP contribution in [0.1, 0.15) is 233 Å². The Kier molecular flexibility index (Phi) is 12.2. The average Bonchev–Trinajstić information content (AvgIpc) is 2.05. The summed E-state index contributed by atoms with van der Waals surface area (Å²) in [6, 6.07) is 52.2. The Morgan fingerprint density at radius 2 is 0.800 bits per heavy atom. The molecule has 0 amide bonds. The van der Waals surface area contributed by atoms with Crippen LogP contribution in [-0.2, 0) is 48.7 Å². The summed E-state index contributed by atoms with van der Waals surface area (Å²) < 4.78 is 2.87. The highest BCUT2D eigenvalue weighted by Gasteiger charge is 2.50. The van der Waals surface area contributed by atoms with Gasteiger partial charge in [-0.3, -0.25) is 0 Å². The number of fused-ring (bicyclic) bond motifs is 10. The third kappa shape index (κ3) is 8.66. The van der Waals surface area contributed by atoms with E-state index in [1.54, 1.807) is 0 Å². The second-order valence-corrected chi connectivity index (χ2v) is 34.7. The van der Waals surface area contributed by atoms with E-state index in [0.717, 1.165) is 42.7 Å². The van der Waals surface area contributed by atoms with Crippen molar-refractivity contribution in [1.29, 1.82) is 0 Å². The zero-order valence-electron chi connectivity index (χ0n) is 55.1. The maximum absolute atomic E-state index is 2.80. The molecule has 0 saturated heterocycles. The van der Waals surface area contributed by atoms with E-state index in [4.69, 9.17) is 0 Å². The van der Waals surface area contributed by atoms with E-state index in [2.05, 4.69) is 285 Å². The van der Waals surface area contributed by atoms with Gasteiger partial charge in [0.1, 0.15) is 0 Å². The monoisotopic (exact) mass is 1140 g/mol. The van der Waals surface area contributed by atoms with Gasteiger partial charge in [0.05, 0.1) is 11.4 Å². The van der Waals surface area contributed by atoms with Crippen molar-refractivity contribution in [2.75, 3.05) is 14.7 Å². The number of thiophene rings is 1. The first-order chi connectivity index (χ1) is 39.7. The zero-order valence-corrected chi connectivity index (χ0v) is 55.9. The molecule has 7 aromatic carbocycles. The van der Waals surface area contributed by atoms with Crippen LogP contribution in [0.25, 0.3) is 10.1 Å². The van der Waals surface area contributed by atoms with Gasteiger partial charge >= 0.3 is 0 Å². The topological polar surface area (TPSA) is 9.72 Å². The fourth-order valence-corrected chi connectivity index (χ4v) is 18.2. The fraction of sp³-hybridized carbons (Fsp3) is 0.450. The van der Waals surface area contributed by atoms with E-state index >= 15 is 0 Å². The van der Waals surface area contributed by atoms with Crippen LogP contribution in [0, 0.1) is 0 Å². The number of benzene rings is 7. The van der Waals surface area contributed by atoms with Crippen molar-refractivity contribution in [3.8, 4) is 0 Å². The lowest BCUT2D eigenvalue weighted by Gasteiger charge is -2.48. The predicted molar refractivity (Wildman–Crippen MR) is 370 cm³/mol. The van der Waals surface area contributed by atoms with Crippen LogP contribution >= 0.6 is 11.3 Å². The van der Waals surface area contributed by atoms with Gasteiger partial charge in [-0.15, -0.1) is 11.3 Å². The molecule has 4 aliphatic carbocycles. The summed E-state index contributed by atoms with van der Waals surface area (Å²) in [5.41, 5.74) is 27.8. The molecule has 1 aromatic heterocycles. The number of hydrogen-bond donors (Lipinski definition) is 0. The van der Waals surface area contributed by atoms with Crippen LogP contribution in [0.3, 0.4) is 0 Å². The lowest BCUT2D eigenvalue weighted by molar-refractivity contribution is 0.332. The predicted octanol–water partition coefficient (Wildman–Crippen LogP) is 21.1. The smallest absolute Gasteiger partial charge is 0.264 e. The minimum Gasteiger partial charge on any atom is -0.311 e. The summed E-state index contributed by atoms with van der Waals surface area (Å²) in [5, 5.41) is 1.39. The summed E-state index contributed by atoms with van der Waals surface area (Å²) in [4.78, 5) is 8.13. The van der Waals surface area contributed by atoms with Gasteiger partial charge < -0.3 is 14.7 Å². The lowest BCUT2D eigenvalue weighted by atomic mass is 9.35. The Morgan fingerprint density at radius 3 is 1.29 bits per heavy atom. The molecule has 8 aromatic rings. The highest BCUT2D eigenvalue weighted by Crippen LogP contribution is 2.58. The number of rotatable bonds is 5. The molecule has 3 nitrogen and oxygen atoms in total. The molecule has 0 N–H and O–H groups in total. The van der Waals surface area contributed by atoms with E-state index in [1.165, 1.54) is 136 Å². The highest BCUT2D eigenvalue weighted by molar-refractivity contribution is 7.33. The molecule has 6 aliphatic rings. The first-order valence-corrected chi connectivity index (χ1v) is 33.4. The fourth-order valence-electron chi connectivity index (χ4n) is 16.8. The van der Waals surface area contributed by atoms with Crippen LogP contribution < -0.4 is 30.4 Å². The van der Waals surface area contributed by atoms with Gasteiger partial charge in [0.2, 0.25) is 0 Å². The average molecular weight is 1140 g/mol. The van der Waals surface area contributed by atoms with Gasteiger partial charge in [0.15, 0.2) is 0 Å². The van der Waals surface area contributed by atoms with Crippen molar-refractivity contribution in [2.24, 2.45) is 0 Å². The second-order valence-electron chi connectivity index (χ2n) is 33.7. The van der Waals surface area contributed by atoms with E-state index in [9.17, 15) is 0 Å². The summed E-state index contributed by atoms with van der Waals surface area (Å²) in [5.74, 6) is 0. The Hall–Kier alpha value is -6.04. The molecule has 85 heavy (non-hydrogen) atoms. The largest absolute Gasteiger partial charge is 0.311 e. The second kappa shape index (κ2) is 18.3. The van der Waals surface area contributed by atoms with Crippen LogP contribution in [-0.4, -0.2) is 6.71 Å². The molecule has 0 unspecified atom stereocenters. The Labute approximate surface area is 515 Å². The van der Waals surface area contributed by atoms with E-state index in [1.807, 2.05) is 0 Å². The molecule has 0 radical (unpaired) electrons. The summed E-state index contributed by atoms with van der Waals surface area (Å²) in [6.07, 6.45) is 9.36. The van der Waals surface area contributed by atoms with Crippen LogP contribution in [0.4, 0.5) is 51.2 Å². The first-order valence-electron chi connectivity index (χ1n) is 32.5. The SMILES string of the molecule is CC(C)(C)c1ccc(N(c2ccccc2)c2cc3c4c(c2)N(c2ccc5c(c2)C(C)(C)CCC5(C)C)c2c(sc5cc6c(cc25)C(C)(C)CCC6(C)C)B4c2cc4c(cc2N3c2ccc3c(c2)C(C)(C)CCC3(C)C)C(C)(C)CCC4(C)C)cc1. The Bertz CT molecular complexity index is 4080. The van der Waals surface area contributed by atoms with Gasteiger partial charge in [0, 0.05) is 54.7 Å². The Balaban J connectivity index is 1.16. The van der Waals surface area contributed by atoms with Gasteiger partial charge in [0.25, 0.3) is 6.71 Å². The maximum Gasteiger partial charge on any atom is 0.264 e. The summed E-state index contributed by atoms with van der Waals surface area (Å²) >= 11 is 2.09. The molecule has 0 spiro atoms. The minimum absolute atomic E-state index is 0.00361. The zero-order chi connectivity index (χ0) is 60.3. The molecular weight excluding hydrogens is 1050 g/mol. The third-order valence-electron chi connectivity index (χ3n) is 23.0. The first kappa shape index (κ1) is 56.8. The number of anilines is 9. The maximum atomic E-state index is 2.80. The number of hydrogen-bond acceptors (Lipinski definition) is 4. The Morgan fingerprint density at radius 1 is 0.388 bits per heavy atom. The molecule has 438 valence electrons. The highest BCUT2D eigenvalue weighted by atomic mass is 32.1. The third-order valence-corrected chi connectivity index (χ3v) is 24.3. The molecule has 14 rings (SSSR count). The van der Waals surface area contributed by atoms with Crippen LogP contribution in [0.2, 0.25) is 0 Å². The molecule has 0 atom stereocenters. The molecule has 5 heteroatoms. The van der Waals surface area contributed by atoms with Crippen molar-refractivity contribution >= 4 is 95.0 Å². The normalized spacial score (nSPS) is 21.0. The number of para-hydroxylation sites is 1.